The van der Waals surface area contributed by atoms with Crippen LogP contribution in [0, 0.1) is 0 Å². The Hall–Kier alpha value is -2.10. The predicted molar refractivity (Wildman–Crippen MR) is 147 cm³/mol. The van der Waals surface area contributed by atoms with Crippen LogP contribution in [0.25, 0.3) is 0 Å². The fraction of sp³-hybridized carbons (Fsp3) is 0.462. The van der Waals surface area contributed by atoms with Gasteiger partial charge in [-0.2, -0.15) is 0 Å². The van der Waals surface area contributed by atoms with Gasteiger partial charge in [-0.1, -0.05) is 52.5 Å². The van der Waals surface area contributed by atoms with Crippen LogP contribution in [-0.2, 0) is 26.2 Å². The van der Waals surface area contributed by atoms with Gasteiger partial charge in [0.05, 0.1) is 11.9 Å². The second-order valence-corrected chi connectivity index (χ2v) is 12.5. The van der Waals surface area contributed by atoms with Gasteiger partial charge in [-0.3, -0.25) is 13.9 Å². The fourth-order valence-electron chi connectivity index (χ4n) is 4.37. The summed E-state index contributed by atoms with van der Waals surface area (Å²) in [6.45, 7) is 2.18. The largest absolute Gasteiger partial charge is 0.352 e. The lowest BCUT2D eigenvalue weighted by Crippen LogP contribution is -2.49. The highest BCUT2D eigenvalue weighted by Gasteiger charge is 2.28. The molecule has 1 fully saturated rings. The molecule has 2 aromatic carbocycles. The van der Waals surface area contributed by atoms with Crippen molar-refractivity contribution in [3.8, 4) is 0 Å². The molecule has 2 amide bonds. The second kappa shape index (κ2) is 12.9. The smallest absolute Gasteiger partial charge is 0.242 e. The number of benzene rings is 2. The summed E-state index contributed by atoms with van der Waals surface area (Å²) >= 11 is 9.36. The molecule has 0 aromatic heterocycles. The first-order chi connectivity index (χ1) is 17.0. The number of anilines is 1. The lowest BCUT2D eigenvalue weighted by Gasteiger charge is -2.30. The number of halogens is 2. The molecule has 10 heteroatoms. The van der Waals surface area contributed by atoms with Crippen LogP contribution in [0.15, 0.2) is 53.0 Å². The van der Waals surface area contributed by atoms with Crippen LogP contribution < -0.4 is 9.62 Å². The van der Waals surface area contributed by atoms with Gasteiger partial charge in [0.15, 0.2) is 0 Å². The van der Waals surface area contributed by atoms with E-state index >= 15 is 0 Å². The van der Waals surface area contributed by atoms with Crippen LogP contribution in [0.5, 0.6) is 0 Å². The first-order valence-electron chi connectivity index (χ1n) is 12.1. The summed E-state index contributed by atoms with van der Waals surface area (Å²) in [5.41, 5.74) is 1.40. The van der Waals surface area contributed by atoms with Crippen LogP contribution in [0.2, 0.25) is 5.02 Å². The predicted octanol–water partition coefficient (Wildman–Crippen LogP) is 5.12. The van der Waals surface area contributed by atoms with Gasteiger partial charge in [0.25, 0.3) is 0 Å². The molecule has 7 nitrogen and oxygen atoms in total. The van der Waals surface area contributed by atoms with Gasteiger partial charge in [-0.15, -0.1) is 0 Å². The summed E-state index contributed by atoms with van der Waals surface area (Å²) < 4.78 is 27.0. The molecule has 1 atom stereocenters. The zero-order valence-electron chi connectivity index (χ0n) is 20.6. The van der Waals surface area contributed by atoms with Crippen molar-refractivity contribution in [3.63, 3.8) is 0 Å². The zero-order chi connectivity index (χ0) is 26.3. The SMILES string of the molecule is C[C@@H](C(=O)NC1CCCC1)N(Cc1ccc(Br)cc1)C(=O)CCCN(c1ccc(Cl)cc1)S(C)(=O)=O. The van der Waals surface area contributed by atoms with E-state index in [1.54, 1.807) is 36.1 Å². The molecular formula is C26H33BrClN3O4S. The minimum atomic E-state index is -3.55. The lowest BCUT2D eigenvalue weighted by molar-refractivity contribution is -0.141. The molecular weight excluding hydrogens is 566 g/mol. The number of carbonyl (C=O) groups excluding carboxylic acids is 2. The molecule has 0 heterocycles. The molecule has 0 radical (unpaired) electrons. The summed E-state index contributed by atoms with van der Waals surface area (Å²) in [7, 11) is -3.55. The molecule has 0 spiro atoms. The van der Waals surface area contributed by atoms with Gasteiger partial charge < -0.3 is 10.2 Å². The summed E-state index contributed by atoms with van der Waals surface area (Å²) in [6.07, 6.45) is 5.69. The maximum atomic E-state index is 13.4. The maximum absolute atomic E-state index is 13.4. The van der Waals surface area contributed by atoms with Gasteiger partial charge in [-0.25, -0.2) is 8.42 Å². The Bertz CT molecular complexity index is 1140. The van der Waals surface area contributed by atoms with E-state index in [-0.39, 0.29) is 30.8 Å². The molecule has 1 aliphatic carbocycles. The number of hydrogen-bond donors (Lipinski definition) is 1. The normalized spacial score (nSPS) is 14.9. The van der Waals surface area contributed by atoms with Crippen molar-refractivity contribution >= 4 is 55.1 Å². The van der Waals surface area contributed by atoms with E-state index < -0.39 is 16.1 Å². The van der Waals surface area contributed by atoms with Crippen LogP contribution in [0.4, 0.5) is 5.69 Å². The van der Waals surface area contributed by atoms with Crippen molar-refractivity contribution in [2.24, 2.45) is 0 Å². The van der Waals surface area contributed by atoms with Crippen LogP contribution >= 0.6 is 27.5 Å². The number of hydrogen-bond acceptors (Lipinski definition) is 4. The molecule has 2 aromatic rings. The van der Waals surface area contributed by atoms with E-state index in [1.807, 2.05) is 24.3 Å². The van der Waals surface area contributed by atoms with Crippen LogP contribution in [-0.4, -0.2) is 50.0 Å². The number of carbonyl (C=O) groups is 2. The molecule has 1 aliphatic rings. The van der Waals surface area contributed by atoms with Gasteiger partial charge in [0.2, 0.25) is 21.8 Å². The standard InChI is InChI=1S/C26H33BrClN3O4S/c1-19(26(33)29-23-6-3-4-7-23)30(18-20-9-11-21(27)12-10-20)25(32)8-5-17-31(36(2,34)35)24-15-13-22(28)14-16-24/h9-16,19,23H,3-8,17-18H2,1-2H3,(H,29,33)/t19-/m0/s1. The molecule has 36 heavy (non-hydrogen) atoms. The van der Waals surface area contributed by atoms with E-state index in [2.05, 4.69) is 21.2 Å². The maximum Gasteiger partial charge on any atom is 0.242 e. The van der Waals surface area contributed by atoms with Gasteiger partial charge >= 0.3 is 0 Å². The minimum Gasteiger partial charge on any atom is -0.352 e. The summed E-state index contributed by atoms with van der Waals surface area (Å²) in [6, 6.07) is 13.7. The summed E-state index contributed by atoms with van der Waals surface area (Å²) in [5, 5.41) is 3.60. The lowest BCUT2D eigenvalue weighted by atomic mass is 10.1. The third-order valence-corrected chi connectivity index (χ3v) is 8.38. The van der Waals surface area contributed by atoms with Crippen molar-refractivity contribution in [1.29, 1.82) is 0 Å². The summed E-state index contributed by atoms with van der Waals surface area (Å²) in [5.74, 6) is -0.358. The van der Waals surface area contributed by atoms with Crippen LogP contribution in [0.1, 0.15) is 51.0 Å². The van der Waals surface area contributed by atoms with E-state index in [1.165, 1.54) is 4.31 Å². The Balaban J connectivity index is 1.70. The monoisotopic (exact) mass is 597 g/mol. The Morgan fingerprint density at radius 2 is 1.69 bits per heavy atom. The van der Waals surface area contributed by atoms with Crippen molar-refractivity contribution in [3.05, 3.63) is 63.6 Å². The van der Waals surface area contributed by atoms with E-state index in [0.717, 1.165) is 42.0 Å². The van der Waals surface area contributed by atoms with Crippen LogP contribution in [0.3, 0.4) is 0 Å². The highest BCUT2D eigenvalue weighted by atomic mass is 79.9. The molecule has 1 N–H and O–H groups in total. The topological polar surface area (TPSA) is 86.8 Å². The Morgan fingerprint density at radius 1 is 1.08 bits per heavy atom. The van der Waals surface area contributed by atoms with Gasteiger partial charge in [-0.05, 0) is 68.1 Å². The van der Waals surface area contributed by atoms with E-state index in [9.17, 15) is 18.0 Å². The Labute approximate surface area is 227 Å². The highest BCUT2D eigenvalue weighted by Crippen LogP contribution is 2.22. The fourth-order valence-corrected chi connectivity index (χ4v) is 5.73. The van der Waals surface area contributed by atoms with Crippen molar-refractivity contribution in [1.82, 2.24) is 10.2 Å². The number of rotatable bonds is 11. The third-order valence-electron chi connectivity index (χ3n) is 6.40. The Kier molecular flexibility index (Phi) is 10.2. The van der Waals surface area contributed by atoms with Crippen molar-refractivity contribution in [2.75, 3.05) is 17.1 Å². The number of nitrogens with one attached hydrogen (secondary N) is 1. The Morgan fingerprint density at radius 3 is 2.28 bits per heavy atom. The molecule has 0 unspecified atom stereocenters. The summed E-state index contributed by atoms with van der Waals surface area (Å²) in [4.78, 5) is 27.9. The van der Waals surface area contributed by atoms with Gasteiger partial charge in [0.1, 0.15) is 6.04 Å². The van der Waals surface area contributed by atoms with E-state index in [4.69, 9.17) is 11.6 Å². The average molecular weight is 599 g/mol. The molecule has 0 bridgehead atoms. The number of amides is 2. The first-order valence-corrected chi connectivity index (χ1v) is 15.1. The van der Waals surface area contributed by atoms with Crippen molar-refractivity contribution in [2.45, 2.75) is 64.1 Å². The second-order valence-electron chi connectivity index (χ2n) is 9.23. The highest BCUT2D eigenvalue weighted by molar-refractivity contribution is 9.10. The molecule has 3 rings (SSSR count). The van der Waals surface area contributed by atoms with E-state index in [0.29, 0.717) is 23.7 Å². The molecule has 1 saturated carbocycles. The number of nitrogens with zero attached hydrogens (tertiary/aromatic N) is 2. The number of sulfonamides is 1. The minimum absolute atomic E-state index is 0.108. The third kappa shape index (κ3) is 8.21. The first kappa shape index (κ1) is 28.5. The molecule has 196 valence electrons. The molecule has 0 aliphatic heterocycles. The zero-order valence-corrected chi connectivity index (χ0v) is 23.8. The van der Waals surface area contributed by atoms with Gasteiger partial charge in [0, 0.05) is 35.0 Å². The average Bonchev–Trinajstić information content (AvgIpc) is 3.34. The van der Waals surface area contributed by atoms with Crippen molar-refractivity contribution < 1.29 is 18.0 Å². The molecule has 0 saturated heterocycles. The quantitative estimate of drug-likeness (QED) is 0.389.